The number of terminal acetylenes is 1. The monoisotopic (exact) mass is 258 g/mol. The fraction of sp³-hybridized carbons (Fsp3) is 0.0769. The number of ether oxygens (including phenoxy) is 1. The van der Waals surface area contributed by atoms with Crippen molar-refractivity contribution < 1.29 is 19.8 Å². The van der Waals surface area contributed by atoms with Crippen LogP contribution in [0.2, 0.25) is 0 Å². The molecule has 0 saturated carbocycles. The third-order valence-electron chi connectivity index (χ3n) is 2.48. The van der Waals surface area contributed by atoms with Gasteiger partial charge in [0.15, 0.2) is 0 Å². The molecule has 96 valence electrons. The third kappa shape index (κ3) is 2.66. The number of carboxylic acid groups (broad SMARTS) is 1. The molecule has 2 aromatic rings. The van der Waals surface area contributed by atoms with E-state index in [4.69, 9.17) is 21.5 Å². The molecule has 1 aromatic heterocycles. The molecule has 0 saturated heterocycles. The molecule has 6 nitrogen and oxygen atoms in total. The van der Waals surface area contributed by atoms with E-state index < -0.39 is 5.97 Å². The van der Waals surface area contributed by atoms with E-state index in [0.29, 0.717) is 16.0 Å². The Labute approximate surface area is 108 Å². The Kier molecular flexibility index (Phi) is 3.39. The standard InChI is InChI=1S/C13H10N2O4/c1-2-9-4-3-5-10(13(16)17)11(9)8-19-12-6-7-15(18)14-12/h1,3-7,18H,8H2,(H,16,17). The van der Waals surface area contributed by atoms with Gasteiger partial charge in [0.05, 0.1) is 11.8 Å². The van der Waals surface area contributed by atoms with Crippen molar-refractivity contribution in [3.63, 3.8) is 0 Å². The minimum atomic E-state index is -1.08. The van der Waals surface area contributed by atoms with Gasteiger partial charge in [0.1, 0.15) is 6.61 Å². The lowest BCUT2D eigenvalue weighted by Gasteiger charge is -2.09. The highest BCUT2D eigenvalue weighted by Gasteiger charge is 2.14. The zero-order valence-corrected chi connectivity index (χ0v) is 9.78. The fourth-order valence-corrected chi connectivity index (χ4v) is 1.60. The number of carbonyl (C=O) groups is 1. The van der Waals surface area contributed by atoms with Gasteiger partial charge in [0.25, 0.3) is 0 Å². The Balaban J connectivity index is 2.28. The lowest BCUT2D eigenvalue weighted by molar-refractivity contribution is 0.0693. The number of aromatic carboxylic acids is 1. The summed E-state index contributed by atoms with van der Waals surface area (Å²) in [5.74, 6) is 1.51. The zero-order valence-electron chi connectivity index (χ0n) is 9.78. The highest BCUT2D eigenvalue weighted by molar-refractivity contribution is 5.90. The van der Waals surface area contributed by atoms with Crippen molar-refractivity contribution in [2.24, 2.45) is 0 Å². The van der Waals surface area contributed by atoms with Crippen LogP contribution < -0.4 is 4.74 Å². The van der Waals surface area contributed by atoms with Crippen molar-refractivity contribution in [2.75, 3.05) is 0 Å². The molecule has 0 aliphatic carbocycles. The Morgan fingerprint density at radius 1 is 1.47 bits per heavy atom. The van der Waals surface area contributed by atoms with Gasteiger partial charge in [0, 0.05) is 17.2 Å². The van der Waals surface area contributed by atoms with E-state index in [1.165, 1.54) is 18.3 Å². The average Bonchev–Trinajstić information content (AvgIpc) is 2.81. The van der Waals surface area contributed by atoms with Crippen LogP contribution in [-0.4, -0.2) is 26.2 Å². The molecule has 2 N–H and O–H groups in total. The van der Waals surface area contributed by atoms with E-state index in [9.17, 15) is 4.79 Å². The van der Waals surface area contributed by atoms with E-state index >= 15 is 0 Å². The van der Waals surface area contributed by atoms with Crippen LogP contribution in [0.5, 0.6) is 5.88 Å². The second-order valence-electron chi connectivity index (χ2n) is 3.64. The number of benzene rings is 1. The fourth-order valence-electron chi connectivity index (χ4n) is 1.60. The molecule has 0 radical (unpaired) electrons. The largest absolute Gasteiger partial charge is 0.478 e. The van der Waals surface area contributed by atoms with E-state index in [1.807, 2.05) is 0 Å². The Morgan fingerprint density at radius 2 is 2.26 bits per heavy atom. The van der Waals surface area contributed by atoms with Gasteiger partial charge < -0.3 is 15.1 Å². The third-order valence-corrected chi connectivity index (χ3v) is 2.48. The van der Waals surface area contributed by atoms with Gasteiger partial charge >= 0.3 is 5.97 Å². The smallest absolute Gasteiger partial charge is 0.336 e. The Bertz CT molecular complexity index is 655. The van der Waals surface area contributed by atoms with Crippen LogP contribution in [-0.2, 0) is 6.61 Å². The van der Waals surface area contributed by atoms with Crippen molar-refractivity contribution in [3.05, 3.63) is 47.2 Å². The molecule has 6 heteroatoms. The lowest BCUT2D eigenvalue weighted by atomic mass is 10.0. The predicted molar refractivity (Wildman–Crippen MR) is 65.1 cm³/mol. The van der Waals surface area contributed by atoms with Gasteiger partial charge in [-0.2, -0.15) is 0 Å². The van der Waals surface area contributed by atoms with Crippen LogP contribution in [0, 0.1) is 12.3 Å². The minimum Gasteiger partial charge on any atom is -0.478 e. The Hall–Kier alpha value is -2.94. The SMILES string of the molecule is C#Cc1cccc(C(=O)O)c1COc1ccn(O)n1. The summed E-state index contributed by atoms with van der Waals surface area (Å²) in [7, 11) is 0. The molecule has 0 aliphatic rings. The van der Waals surface area contributed by atoms with Crippen molar-refractivity contribution in [2.45, 2.75) is 6.61 Å². The molecule has 1 aromatic carbocycles. The van der Waals surface area contributed by atoms with Crippen molar-refractivity contribution in [1.82, 2.24) is 9.94 Å². The van der Waals surface area contributed by atoms with Crippen LogP contribution in [0.15, 0.2) is 30.5 Å². The van der Waals surface area contributed by atoms with Crippen LogP contribution in [0.25, 0.3) is 0 Å². The molecule has 0 aliphatic heterocycles. The molecule has 1 heterocycles. The second-order valence-corrected chi connectivity index (χ2v) is 3.64. The van der Waals surface area contributed by atoms with Gasteiger partial charge in [-0.25, -0.2) is 4.79 Å². The van der Waals surface area contributed by atoms with Crippen molar-refractivity contribution >= 4 is 5.97 Å². The van der Waals surface area contributed by atoms with Crippen molar-refractivity contribution in [1.29, 1.82) is 0 Å². The number of nitrogens with zero attached hydrogens (tertiary/aromatic N) is 2. The first kappa shape index (κ1) is 12.5. The Morgan fingerprint density at radius 3 is 2.84 bits per heavy atom. The summed E-state index contributed by atoms with van der Waals surface area (Å²) in [6.07, 6.45) is 6.63. The van der Waals surface area contributed by atoms with Crippen LogP contribution in [0.1, 0.15) is 21.5 Å². The number of carboxylic acids is 1. The first-order valence-electron chi connectivity index (χ1n) is 5.31. The highest BCUT2D eigenvalue weighted by atomic mass is 16.5. The predicted octanol–water partition coefficient (Wildman–Crippen LogP) is 1.38. The van der Waals surface area contributed by atoms with Gasteiger partial charge in [-0.15, -0.1) is 11.3 Å². The minimum absolute atomic E-state index is 0.0426. The average molecular weight is 258 g/mol. The molecule has 0 bridgehead atoms. The van der Waals surface area contributed by atoms with Crippen LogP contribution >= 0.6 is 0 Å². The van der Waals surface area contributed by atoms with E-state index in [2.05, 4.69) is 11.0 Å². The molecular weight excluding hydrogens is 248 g/mol. The van der Waals surface area contributed by atoms with Gasteiger partial charge in [-0.3, -0.25) is 0 Å². The number of hydrogen-bond donors (Lipinski definition) is 2. The summed E-state index contributed by atoms with van der Waals surface area (Å²) in [5.41, 5.74) is 0.923. The maximum Gasteiger partial charge on any atom is 0.336 e. The highest BCUT2D eigenvalue weighted by Crippen LogP contribution is 2.17. The van der Waals surface area contributed by atoms with Crippen LogP contribution in [0.3, 0.4) is 0 Å². The second kappa shape index (κ2) is 5.14. The van der Waals surface area contributed by atoms with E-state index in [-0.39, 0.29) is 18.1 Å². The van der Waals surface area contributed by atoms with Gasteiger partial charge in [0.2, 0.25) is 5.88 Å². The molecule has 0 amide bonds. The molecule has 0 unspecified atom stereocenters. The molecule has 0 spiro atoms. The summed E-state index contributed by atoms with van der Waals surface area (Å²) in [6.45, 7) is -0.0426. The van der Waals surface area contributed by atoms with Gasteiger partial charge in [-0.05, 0) is 12.1 Å². The zero-order chi connectivity index (χ0) is 13.8. The molecular formula is C13H10N2O4. The summed E-state index contributed by atoms with van der Waals surface area (Å²) >= 11 is 0. The number of rotatable bonds is 4. The molecule has 0 atom stereocenters. The molecule has 2 rings (SSSR count). The first-order valence-corrected chi connectivity index (χ1v) is 5.31. The van der Waals surface area contributed by atoms with E-state index in [1.54, 1.807) is 12.1 Å². The number of hydrogen-bond acceptors (Lipinski definition) is 4. The topological polar surface area (TPSA) is 84.6 Å². The quantitative estimate of drug-likeness (QED) is 0.639. The maximum atomic E-state index is 11.1. The van der Waals surface area contributed by atoms with Crippen molar-refractivity contribution in [3.8, 4) is 18.2 Å². The van der Waals surface area contributed by atoms with E-state index in [0.717, 1.165) is 0 Å². The summed E-state index contributed by atoms with van der Waals surface area (Å²) in [5, 5.41) is 21.7. The summed E-state index contributed by atoms with van der Waals surface area (Å²) in [4.78, 5) is 11.7. The first-order chi connectivity index (χ1) is 9.11. The normalized spacial score (nSPS) is 9.84. The van der Waals surface area contributed by atoms with Gasteiger partial charge in [-0.1, -0.05) is 17.1 Å². The summed E-state index contributed by atoms with van der Waals surface area (Å²) in [6, 6.07) is 6.10. The summed E-state index contributed by atoms with van der Waals surface area (Å²) < 4.78 is 5.30. The number of aromatic nitrogens is 2. The molecule has 19 heavy (non-hydrogen) atoms. The van der Waals surface area contributed by atoms with Crippen LogP contribution in [0.4, 0.5) is 0 Å². The molecule has 0 fully saturated rings. The lowest BCUT2D eigenvalue weighted by Crippen LogP contribution is -2.08. The maximum absolute atomic E-state index is 11.1.